The molecule has 11 heteroatoms. The molecule has 3 N–H and O–H groups in total. The summed E-state index contributed by atoms with van der Waals surface area (Å²) in [5.74, 6) is -1.44. The van der Waals surface area contributed by atoms with Gasteiger partial charge in [0.2, 0.25) is 5.60 Å². The lowest BCUT2D eigenvalue weighted by atomic mass is 9.93. The number of carbonyl (C=O) groups excluding carboxylic acids is 1. The second-order valence-electron chi connectivity index (χ2n) is 6.14. The zero-order valence-electron chi connectivity index (χ0n) is 13.4. The fourth-order valence-electron chi connectivity index (χ4n) is 2.75. The molecule has 0 aliphatic carbocycles. The van der Waals surface area contributed by atoms with Gasteiger partial charge < -0.3 is 10.8 Å². The van der Waals surface area contributed by atoms with Crippen LogP contribution < -0.4 is 5.73 Å². The number of hydrogen-bond donors (Lipinski definition) is 2. The molecule has 3 atom stereocenters. The number of amides is 1. The van der Waals surface area contributed by atoms with E-state index in [4.69, 9.17) is 5.73 Å². The van der Waals surface area contributed by atoms with Gasteiger partial charge in [0.25, 0.3) is 5.91 Å². The third-order valence-corrected chi connectivity index (χ3v) is 7.40. The molecule has 142 valence electrons. The van der Waals surface area contributed by atoms with Crippen molar-refractivity contribution in [3.63, 3.8) is 0 Å². The minimum absolute atomic E-state index is 0.0777. The van der Waals surface area contributed by atoms with Gasteiger partial charge in [0.05, 0.1) is 20.5 Å². The SMILES string of the molecule is N[C@H]1CCS(=O)(CCC(O)(c2nsc3ccccc23)C(F)(F)F)=NC1=O. The Balaban J connectivity index is 1.99. The monoisotopic (exact) mass is 407 g/mol. The van der Waals surface area contributed by atoms with Crippen LogP contribution in [-0.2, 0) is 20.1 Å². The summed E-state index contributed by atoms with van der Waals surface area (Å²) in [6, 6.07) is 5.37. The van der Waals surface area contributed by atoms with Gasteiger partial charge in [-0.05, 0) is 24.0 Å². The maximum absolute atomic E-state index is 13.7. The van der Waals surface area contributed by atoms with Crippen LogP contribution in [0.25, 0.3) is 10.1 Å². The highest BCUT2D eigenvalue weighted by molar-refractivity contribution is 7.93. The summed E-state index contributed by atoms with van der Waals surface area (Å²) < 4.78 is 61.6. The van der Waals surface area contributed by atoms with E-state index < -0.39 is 51.3 Å². The van der Waals surface area contributed by atoms with Crippen LogP contribution in [0.15, 0.2) is 28.6 Å². The maximum Gasteiger partial charge on any atom is 0.423 e. The third kappa shape index (κ3) is 3.36. The van der Waals surface area contributed by atoms with E-state index in [0.29, 0.717) is 4.70 Å². The first-order valence-electron chi connectivity index (χ1n) is 7.72. The summed E-state index contributed by atoms with van der Waals surface area (Å²) in [5, 5.41) is 10.7. The van der Waals surface area contributed by atoms with E-state index in [1.165, 1.54) is 6.07 Å². The van der Waals surface area contributed by atoms with Crippen molar-refractivity contribution in [1.29, 1.82) is 0 Å². The van der Waals surface area contributed by atoms with Gasteiger partial charge >= 0.3 is 6.18 Å². The molecule has 2 unspecified atom stereocenters. The van der Waals surface area contributed by atoms with Gasteiger partial charge in [-0.25, -0.2) is 4.21 Å². The van der Waals surface area contributed by atoms with Crippen LogP contribution in [0.4, 0.5) is 13.2 Å². The Morgan fingerprint density at radius 2 is 2.04 bits per heavy atom. The summed E-state index contributed by atoms with van der Waals surface area (Å²) in [5.41, 5.74) is 1.68. The van der Waals surface area contributed by atoms with Crippen LogP contribution in [0.5, 0.6) is 0 Å². The molecule has 0 spiro atoms. The van der Waals surface area contributed by atoms with Gasteiger partial charge in [-0.1, -0.05) is 18.2 Å². The Labute approximate surface area is 151 Å². The Hall–Kier alpha value is -1.56. The molecule has 0 saturated heterocycles. The Morgan fingerprint density at radius 1 is 1.35 bits per heavy atom. The normalized spacial score (nSPS) is 26.5. The van der Waals surface area contributed by atoms with E-state index in [0.717, 1.165) is 11.5 Å². The summed E-state index contributed by atoms with van der Waals surface area (Å²) in [6.45, 7) is 0. The molecule has 3 rings (SSSR count). The second-order valence-corrected chi connectivity index (χ2v) is 9.49. The highest BCUT2D eigenvalue weighted by Crippen LogP contribution is 2.44. The maximum atomic E-state index is 13.7. The number of hydrogen-bond acceptors (Lipinski definition) is 6. The van der Waals surface area contributed by atoms with Gasteiger partial charge in [-0.15, -0.1) is 0 Å². The number of halogens is 3. The highest BCUT2D eigenvalue weighted by atomic mass is 32.2. The van der Waals surface area contributed by atoms with E-state index in [2.05, 4.69) is 8.74 Å². The van der Waals surface area contributed by atoms with Crippen LogP contribution >= 0.6 is 11.5 Å². The molecule has 2 heterocycles. The van der Waals surface area contributed by atoms with E-state index in [9.17, 15) is 27.3 Å². The Kier molecular flexibility index (Phi) is 4.84. The molecule has 6 nitrogen and oxygen atoms in total. The van der Waals surface area contributed by atoms with Gasteiger partial charge in [0, 0.05) is 23.3 Å². The number of alkyl halides is 3. The lowest BCUT2D eigenvalue weighted by Gasteiger charge is -2.30. The standard InChI is InChI=1S/C15H16F3N3O3S2/c16-15(17,18)14(23,12-9-3-1-2-4-11(9)25-20-12)6-8-26(24)7-5-10(19)13(22)21-26/h1-4,10,23H,5-8,19H2/t10-,14?,26?/m0/s1. The summed E-state index contributed by atoms with van der Waals surface area (Å²) in [6.07, 6.45) is -5.85. The fourth-order valence-corrected chi connectivity index (χ4v) is 5.67. The van der Waals surface area contributed by atoms with Crippen molar-refractivity contribution in [2.75, 3.05) is 11.5 Å². The molecule has 0 fully saturated rings. The predicted octanol–water partition coefficient (Wildman–Crippen LogP) is 2.16. The molecule has 1 amide bonds. The molecular formula is C15H16F3N3O3S2. The molecule has 1 aliphatic rings. The largest absolute Gasteiger partial charge is 0.423 e. The minimum Gasteiger partial charge on any atom is -0.375 e. The number of rotatable bonds is 4. The predicted molar refractivity (Wildman–Crippen MR) is 92.1 cm³/mol. The average Bonchev–Trinajstić information content (AvgIpc) is 3.00. The quantitative estimate of drug-likeness (QED) is 0.808. The smallest absolute Gasteiger partial charge is 0.375 e. The van der Waals surface area contributed by atoms with Crippen molar-refractivity contribution in [3.05, 3.63) is 30.0 Å². The van der Waals surface area contributed by atoms with Crippen molar-refractivity contribution >= 4 is 37.3 Å². The fraction of sp³-hybridized carbons (Fsp3) is 0.467. The number of benzene rings is 1. The van der Waals surface area contributed by atoms with E-state index >= 15 is 0 Å². The van der Waals surface area contributed by atoms with Crippen molar-refractivity contribution in [2.24, 2.45) is 10.1 Å². The Morgan fingerprint density at radius 3 is 2.69 bits per heavy atom. The lowest BCUT2D eigenvalue weighted by Crippen LogP contribution is -2.45. The second kappa shape index (κ2) is 6.55. The third-order valence-electron chi connectivity index (χ3n) is 4.34. The number of carbonyl (C=O) groups is 1. The van der Waals surface area contributed by atoms with Gasteiger partial charge in [-0.3, -0.25) is 4.79 Å². The van der Waals surface area contributed by atoms with Crippen LogP contribution in [0.1, 0.15) is 18.5 Å². The van der Waals surface area contributed by atoms with Crippen molar-refractivity contribution in [3.8, 4) is 0 Å². The van der Waals surface area contributed by atoms with Crippen molar-refractivity contribution < 1.29 is 27.3 Å². The van der Waals surface area contributed by atoms with Crippen LogP contribution in [-0.4, -0.2) is 43.3 Å². The number of aliphatic hydroxyl groups is 1. The van der Waals surface area contributed by atoms with Crippen LogP contribution in [0.2, 0.25) is 0 Å². The first-order chi connectivity index (χ1) is 12.1. The lowest BCUT2D eigenvalue weighted by molar-refractivity contribution is -0.268. The van der Waals surface area contributed by atoms with Crippen molar-refractivity contribution in [1.82, 2.24) is 4.37 Å². The first-order valence-corrected chi connectivity index (χ1v) is 10.3. The molecule has 1 aliphatic heterocycles. The molecule has 1 aromatic heterocycles. The topological polar surface area (TPSA) is 106 Å². The highest BCUT2D eigenvalue weighted by Gasteiger charge is 2.57. The van der Waals surface area contributed by atoms with Gasteiger partial charge in [0.1, 0.15) is 5.69 Å². The summed E-state index contributed by atoms with van der Waals surface area (Å²) >= 11 is 0.843. The molecule has 0 saturated carbocycles. The molecular weight excluding hydrogens is 391 g/mol. The number of fused-ring (bicyclic) bond motifs is 1. The molecule has 26 heavy (non-hydrogen) atoms. The first kappa shape index (κ1) is 19.2. The minimum atomic E-state index is -5.03. The summed E-state index contributed by atoms with van der Waals surface area (Å²) in [4.78, 5) is 11.6. The Bertz CT molecular complexity index is 966. The van der Waals surface area contributed by atoms with Gasteiger partial charge in [-0.2, -0.15) is 21.9 Å². The molecule has 1 aromatic carbocycles. The molecule has 0 radical (unpaired) electrons. The van der Waals surface area contributed by atoms with E-state index in [1.807, 2.05) is 0 Å². The molecule has 0 bridgehead atoms. The van der Waals surface area contributed by atoms with E-state index in [1.54, 1.807) is 18.2 Å². The van der Waals surface area contributed by atoms with Crippen LogP contribution in [0.3, 0.4) is 0 Å². The van der Waals surface area contributed by atoms with E-state index in [-0.39, 0.29) is 17.6 Å². The number of nitrogens with two attached hydrogens (primary N) is 1. The summed E-state index contributed by atoms with van der Waals surface area (Å²) in [7, 11) is -3.20. The zero-order chi connectivity index (χ0) is 19.2. The molecule has 2 aromatic rings. The van der Waals surface area contributed by atoms with Crippen LogP contribution in [0, 0.1) is 0 Å². The van der Waals surface area contributed by atoms with Gasteiger partial charge in [0.15, 0.2) is 0 Å². The van der Waals surface area contributed by atoms with Crippen molar-refractivity contribution in [2.45, 2.75) is 30.7 Å². The number of nitrogens with zero attached hydrogens (tertiary/aromatic N) is 2. The number of aromatic nitrogens is 1. The average molecular weight is 407 g/mol. The zero-order valence-corrected chi connectivity index (χ0v) is 15.0.